The zero-order valence-corrected chi connectivity index (χ0v) is 19.7. The van der Waals surface area contributed by atoms with Gasteiger partial charge in [-0.3, -0.25) is 4.79 Å². The first-order chi connectivity index (χ1) is 15.2. The molecule has 2 aliphatic rings. The molecule has 31 heavy (non-hydrogen) atoms. The molecule has 0 aromatic heterocycles. The van der Waals surface area contributed by atoms with Crippen LogP contribution in [-0.4, -0.2) is 44.2 Å². The number of esters is 1. The van der Waals surface area contributed by atoms with Gasteiger partial charge in [0.1, 0.15) is 12.7 Å². The highest BCUT2D eigenvalue weighted by Crippen LogP contribution is 2.32. The maximum atomic E-state index is 12.0. The molecular formula is C26H45NO4. The minimum atomic E-state index is -0.442. The minimum absolute atomic E-state index is 0.111. The van der Waals surface area contributed by atoms with Crippen molar-refractivity contribution in [1.29, 1.82) is 0 Å². The molecular weight excluding hydrogens is 390 g/mol. The summed E-state index contributed by atoms with van der Waals surface area (Å²) in [6.45, 7) is 4.91. The first kappa shape index (κ1) is 26.1. The molecule has 2 saturated heterocycles. The molecule has 178 valence electrons. The maximum absolute atomic E-state index is 12.0. The molecule has 0 bridgehead atoms. The van der Waals surface area contributed by atoms with Crippen LogP contribution in [-0.2, 0) is 19.0 Å². The zero-order chi connectivity index (χ0) is 22.0. The predicted molar refractivity (Wildman–Crippen MR) is 126 cm³/mol. The fourth-order valence-electron chi connectivity index (χ4n) is 4.11. The van der Waals surface area contributed by atoms with E-state index in [-0.39, 0.29) is 12.1 Å². The lowest BCUT2D eigenvalue weighted by atomic mass is 10.1. The molecule has 0 amide bonds. The van der Waals surface area contributed by atoms with Crippen molar-refractivity contribution in [2.45, 2.75) is 109 Å². The molecule has 1 spiro atoms. The lowest BCUT2D eigenvalue weighted by Crippen LogP contribution is -2.43. The van der Waals surface area contributed by atoms with Crippen molar-refractivity contribution in [2.24, 2.45) is 0 Å². The Hall–Kier alpha value is -1.17. The number of unbranched alkanes of at least 4 members (excludes halogenated alkanes) is 8. The van der Waals surface area contributed by atoms with E-state index < -0.39 is 5.79 Å². The van der Waals surface area contributed by atoms with E-state index in [0.717, 1.165) is 51.6 Å². The molecule has 2 aliphatic heterocycles. The number of allylic oxidation sites excluding steroid dienone is 4. The van der Waals surface area contributed by atoms with Crippen LogP contribution in [0.4, 0.5) is 0 Å². The van der Waals surface area contributed by atoms with Gasteiger partial charge in [0, 0.05) is 32.4 Å². The van der Waals surface area contributed by atoms with E-state index in [1.165, 1.54) is 44.9 Å². The zero-order valence-electron chi connectivity index (χ0n) is 19.7. The Labute approximate surface area is 190 Å². The Kier molecular flexibility index (Phi) is 13.9. The lowest BCUT2D eigenvalue weighted by Gasteiger charge is -2.32. The number of hydrogen-bond acceptors (Lipinski definition) is 5. The van der Waals surface area contributed by atoms with Gasteiger partial charge in [-0.1, -0.05) is 63.3 Å². The Morgan fingerprint density at radius 3 is 2.39 bits per heavy atom. The topological polar surface area (TPSA) is 56.8 Å². The first-order valence-corrected chi connectivity index (χ1v) is 12.7. The van der Waals surface area contributed by atoms with Gasteiger partial charge in [0.05, 0.1) is 6.61 Å². The monoisotopic (exact) mass is 435 g/mol. The van der Waals surface area contributed by atoms with Crippen LogP contribution in [0, 0.1) is 0 Å². The van der Waals surface area contributed by atoms with E-state index in [1.807, 2.05) is 0 Å². The summed E-state index contributed by atoms with van der Waals surface area (Å²) in [5.74, 6) is -0.553. The van der Waals surface area contributed by atoms with Gasteiger partial charge >= 0.3 is 5.97 Å². The number of ether oxygens (including phenoxy) is 3. The molecule has 1 unspecified atom stereocenters. The van der Waals surface area contributed by atoms with E-state index in [2.05, 4.69) is 36.5 Å². The van der Waals surface area contributed by atoms with Gasteiger partial charge in [-0.25, -0.2) is 0 Å². The van der Waals surface area contributed by atoms with Crippen LogP contribution in [0.2, 0.25) is 0 Å². The largest absolute Gasteiger partial charge is 0.463 e. The second kappa shape index (κ2) is 16.5. The highest BCUT2D eigenvalue weighted by Gasteiger charge is 2.42. The summed E-state index contributed by atoms with van der Waals surface area (Å²) < 4.78 is 17.3. The summed E-state index contributed by atoms with van der Waals surface area (Å²) in [7, 11) is 0. The molecule has 2 fully saturated rings. The summed E-state index contributed by atoms with van der Waals surface area (Å²) >= 11 is 0. The number of rotatable bonds is 16. The second-order valence-corrected chi connectivity index (χ2v) is 8.88. The highest BCUT2D eigenvalue weighted by atomic mass is 16.8. The van der Waals surface area contributed by atoms with Crippen molar-refractivity contribution in [3.8, 4) is 0 Å². The molecule has 1 N–H and O–H groups in total. The van der Waals surface area contributed by atoms with Crippen molar-refractivity contribution in [2.75, 3.05) is 26.3 Å². The Bertz CT molecular complexity index is 526. The Morgan fingerprint density at radius 2 is 1.65 bits per heavy atom. The van der Waals surface area contributed by atoms with Gasteiger partial charge in [-0.05, 0) is 38.5 Å². The Morgan fingerprint density at radius 1 is 0.968 bits per heavy atom. The molecule has 5 nitrogen and oxygen atoms in total. The standard InChI is InChI=1S/C26H45NO4/c1-2-3-4-5-6-7-8-9-10-11-12-13-14-15-16-17-25(28)29-22-24-23-30-26(31-24)18-20-27-21-19-26/h6-7,9-10,24,27H,2-5,8,11-23H2,1H3. The summed E-state index contributed by atoms with van der Waals surface area (Å²) in [5, 5.41) is 3.31. The van der Waals surface area contributed by atoms with Crippen molar-refractivity contribution >= 4 is 5.97 Å². The van der Waals surface area contributed by atoms with Crippen LogP contribution >= 0.6 is 0 Å². The summed E-state index contributed by atoms with van der Waals surface area (Å²) in [5.41, 5.74) is 0. The molecule has 0 radical (unpaired) electrons. The third-order valence-electron chi connectivity index (χ3n) is 6.04. The SMILES string of the molecule is CCCCCC=CCC=CCCCCCCCC(=O)OCC1COC2(CCNCC2)O1. The fraction of sp³-hybridized carbons (Fsp3) is 0.808. The molecule has 0 saturated carbocycles. The quantitative estimate of drug-likeness (QED) is 0.188. The number of carbonyl (C=O) groups is 1. The number of nitrogens with one attached hydrogen (secondary N) is 1. The van der Waals surface area contributed by atoms with Crippen LogP contribution < -0.4 is 5.32 Å². The number of piperidine rings is 1. The van der Waals surface area contributed by atoms with Gasteiger partial charge in [0.15, 0.2) is 5.79 Å². The van der Waals surface area contributed by atoms with Gasteiger partial charge in [-0.2, -0.15) is 0 Å². The van der Waals surface area contributed by atoms with E-state index >= 15 is 0 Å². The highest BCUT2D eigenvalue weighted by molar-refractivity contribution is 5.69. The van der Waals surface area contributed by atoms with Gasteiger partial charge in [-0.15, -0.1) is 0 Å². The smallest absolute Gasteiger partial charge is 0.305 e. The van der Waals surface area contributed by atoms with Crippen molar-refractivity contribution in [3.05, 3.63) is 24.3 Å². The third kappa shape index (κ3) is 11.9. The van der Waals surface area contributed by atoms with E-state index in [1.54, 1.807) is 0 Å². The normalized spacial score (nSPS) is 20.9. The van der Waals surface area contributed by atoms with Gasteiger partial charge < -0.3 is 19.5 Å². The average Bonchev–Trinajstić information content (AvgIpc) is 3.17. The Balaban J connectivity index is 1.36. The van der Waals surface area contributed by atoms with Crippen molar-refractivity contribution in [3.63, 3.8) is 0 Å². The van der Waals surface area contributed by atoms with Crippen molar-refractivity contribution in [1.82, 2.24) is 5.32 Å². The van der Waals surface area contributed by atoms with Crippen LogP contribution in [0.3, 0.4) is 0 Å². The molecule has 1 atom stereocenters. The average molecular weight is 436 g/mol. The lowest BCUT2D eigenvalue weighted by molar-refractivity contribution is -0.189. The van der Waals surface area contributed by atoms with Crippen LogP contribution in [0.5, 0.6) is 0 Å². The molecule has 2 rings (SSSR count). The van der Waals surface area contributed by atoms with Gasteiger partial charge in [0.2, 0.25) is 0 Å². The van der Waals surface area contributed by atoms with Crippen LogP contribution in [0.1, 0.15) is 96.8 Å². The van der Waals surface area contributed by atoms with Crippen LogP contribution in [0.25, 0.3) is 0 Å². The number of carbonyl (C=O) groups excluding carboxylic acids is 1. The predicted octanol–water partition coefficient (Wildman–Crippen LogP) is 5.84. The van der Waals surface area contributed by atoms with Gasteiger partial charge in [0.25, 0.3) is 0 Å². The van der Waals surface area contributed by atoms with E-state index in [0.29, 0.717) is 19.6 Å². The first-order valence-electron chi connectivity index (χ1n) is 12.7. The third-order valence-corrected chi connectivity index (χ3v) is 6.04. The summed E-state index contributed by atoms with van der Waals surface area (Å²) in [6.07, 6.45) is 24.3. The summed E-state index contributed by atoms with van der Waals surface area (Å²) in [4.78, 5) is 12.0. The molecule has 5 heteroatoms. The molecule has 0 aromatic carbocycles. The fourth-order valence-corrected chi connectivity index (χ4v) is 4.11. The number of hydrogen-bond donors (Lipinski definition) is 1. The molecule has 0 aliphatic carbocycles. The summed E-state index contributed by atoms with van der Waals surface area (Å²) in [6, 6.07) is 0. The molecule has 2 heterocycles. The maximum Gasteiger partial charge on any atom is 0.305 e. The van der Waals surface area contributed by atoms with E-state index in [4.69, 9.17) is 14.2 Å². The van der Waals surface area contributed by atoms with E-state index in [9.17, 15) is 4.79 Å². The van der Waals surface area contributed by atoms with Crippen LogP contribution in [0.15, 0.2) is 24.3 Å². The second-order valence-electron chi connectivity index (χ2n) is 8.88. The minimum Gasteiger partial charge on any atom is -0.463 e. The molecule has 0 aromatic rings. The van der Waals surface area contributed by atoms with Crippen molar-refractivity contribution < 1.29 is 19.0 Å².